The van der Waals surface area contributed by atoms with E-state index in [2.05, 4.69) is 24.1 Å². The minimum absolute atomic E-state index is 0.657. The molecule has 90 valence electrons. The lowest BCUT2D eigenvalue weighted by Crippen LogP contribution is -2.46. The number of ether oxygens (including phenoxy) is 1. The predicted molar refractivity (Wildman–Crippen MR) is 64.2 cm³/mol. The molecule has 1 fully saturated rings. The van der Waals surface area contributed by atoms with Gasteiger partial charge in [0.2, 0.25) is 0 Å². The van der Waals surface area contributed by atoms with E-state index in [-0.39, 0.29) is 0 Å². The maximum absolute atomic E-state index is 5.25. The van der Waals surface area contributed by atoms with Crippen LogP contribution in [0.2, 0.25) is 0 Å². The van der Waals surface area contributed by atoms with E-state index in [1.54, 1.807) is 7.11 Å². The molecule has 0 bridgehead atoms. The Morgan fingerprint density at radius 2 is 2.33 bits per heavy atom. The molecule has 1 N–H and O–H groups in total. The summed E-state index contributed by atoms with van der Waals surface area (Å²) in [7, 11) is 1.81. The van der Waals surface area contributed by atoms with Gasteiger partial charge in [0, 0.05) is 26.2 Å². The second-order valence-corrected chi connectivity index (χ2v) is 4.62. The van der Waals surface area contributed by atoms with Gasteiger partial charge in [0.05, 0.1) is 6.61 Å². The van der Waals surface area contributed by atoms with Crippen LogP contribution in [0.15, 0.2) is 0 Å². The summed E-state index contributed by atoms with van der Waals surface area (Å²) in [4.78, 5) is 2.59. The molecule has 0 aromatic carbocycles. The maximum Gasteiger partial charge on any atom is 0.0502 e. The molecule has 0 aromatic heterocycles. The summed E-state index contributed by atoms with van der Waals surface area (Å²) < 4.78 is 5.25. The van der Waals surface area contributed by atoms with Crippen LogP contribution in [0.3, 0.4) is 0 Å². The van der Waals surface area contributed by atoms with Crippen molar-refractivity contribution in [3.05, 3.63) is 0 Å². The van der Waals surface area contributed by atoms with E-state index >= 15 is 0 Å². The lowest BCUT2D eigenvalue weighted by atomic mass is 9.98. The van der Waals surface area contributed by atoms with Crippen molar-refractivity contribution in [2.45, 2.75) is 32.7 Å². The van der Waals surface area contributed by atoms with Crippen LogP contribution in [-0.2, 0) is 4.74 Å². The standard InChI is InChI=1S/C12H26N2O/c1-4-13-8-11(2)14-7-5-6-12(9-14)10-15-3/h11-13H,4-10H2,1-3H3. The summed E-state index contributed by atoms with van der Waals surface area (Å²) in [6.07, 6.45) is 2.66. The van der Waals surface area contributed by atoms with Crippen molar-refractivity contribution in [3.63, 3.8) is 0 Å². The molecular weight excluding hydrogens is 188 g/mol. The van der Waals surface area contributed by atoms with Crippen LogP contribution in [0.25, 0.3) is 0 Å². The first-order valence-corrected chi connectivity index (χ1v) is 6.21. The molecule has 1 aliphatic heterocycles. The van der Waals surface area contributed by atoms with E-state index in [4.69, 9.17) is 4.74 Å². The Kier molecular flexibility index (Phi) is 6.22. The third-order valence-corrected chi connectivity index (χ3v) is 3.27. The van der Waals surface area contributed by atoms with Gasteiger partial charge in [0.1, 0.15) is 0 Å². The second kappa shape index (κ2) is 7.20. The molecule has 3 nitrogen and oxygen atoms in total. The lowest BCUT2D eigenvalue weighted by Gasteiger charge is -2.36. The average molecular weight is 214 g/mol. The normalized spacial score (nSPS) is 25.4. The smallest absolute Gasteiger partial charge is 0.0502 e. The molecule has 0 aliphatic carbocycles. The first-order valence-electron chi connectivity index (χ1n) is 6.21. The number of hydrogen-bond acceptors (Lipinski definition) is 3. The van der Waals surface area contributed by atoms with Gasteiger partial charge in [-0.15, -0.1) is 0 Å². The third-order valence-electron chi connectivity index (χ3n) is 3.27. The fourth-order valence-electron chi connectivity index (χ4n) is 2.35. The molecule has 15 heavy (non-hydrogen) atoms. The third kappa shape index (κ3) is 4.49. The number of methoxy groups -OCH3 is 1. The van der Waals surface area contributed by atoms with E-state index in [0.29, 0.717) is 6.04 Å². The summed E-state index contributed by atoms with van der Waals surface area (Å²) in [5.41, 5.74) is 0. The van der Waals surface area contributed by atoms with Crippen LogP contribution in [0.5, 0.6) is 0 Å². The summed E-state index contributed by atoms with van der Waals surface area (Å²) in [6.45, 7) is 10.0. The Balaban J connectivity index is 2.27. The van der Waals surface area contributed by atoms with Crippen LogP contribution in [0, 0.1) is 5.92 Å². The average Bonchev–Trinajstić information content (AvgIpc) is 2.27. The van der Waals surface area contributed by atoms with Crippen LogP contribution >= 0.6 is 0 Å². The van der Waals surface area contributed by atoms with Crippen molar-refractivity contribution in [1.82, 2.24) is 10.2 Å². The molecule has 1 saturated heterocycles. The minimum Gasteiger partial charge on any atom is -0.384 e. The highest BCUT2D eigenvalue weighted by molar-refractivity contribution is 4.77. The van der Waals surface area contributed by atoms with Crippen molar-refractivity contribution in [3.8, 4) is 0 Å². The number of rotatable bonds is 6. The van der Waals surface area contributed by atoms with Gasteiger partial charge in [-0.05, 0) is 38.8 Å². The molecule has 1 rings (SSSR count). The zero-order valence-corrected chi connectivity index (χ0v) is 10.5. The molecule has 2 atom stereocenters. The van der Waals surface area contributed by atoms with Crippen molar-refractivity contribution in [2.75, 3.05) is 39.9 Å². The number of nitrogens with zero attached hydrogens (tertiary/aromatic N) is 1. The highest BCUT2D eigenvalue weighted by atomic mass is 16.5. The van der Waals surface area contributed by atoms with E-state index in [1.165, 1.54) is 25.9 Å². The van der Waals surface area contributed by atoms with E-state index < -0.39 is 0 Å². The quantitative estimate of drug-likeness (QED) is 0.722. The van der Waals surface area contributed by atoms with Crippen LogP contribution in [0.1, 0.15) is 26.7 Å². The van der Waals surface area contributed by atoms with E-state index in [1.807, 2.05) is 0 Å². The van der Waals surface area contributed by atoms with Crippen LogP contribution < -0.4 is 5.32 Å². The zero-order chi connectivity index (χ0) is 11.1. The SMILES string of the molecule is CCNCC(C)N1CCCC(COC)C1. The molecule has 0 amide bonds. The Labute approximate surface area is 94.2 Å². The minimum atomic E-state index is 0.657. The molecular formula is C12H26N2O. The topological polar surface area (TPSA) is 24.5 Å². The maximum atomic E-state index is 5.25. The molecule has 2 unspecified atom stereocenters. The molecule has 1 aliphatic rings. The molecule has 0 spiro atoms. The van der Waals surface area contributed by atoms with Gasteiger partial charge < -0.3 is 10.1 Å². The largest absolute Gasteiger partial charge is 0.384 e. The first kappa shape index (κ1) is 12.9. The van der Waals surface area contributed by atoms with Crippen molar-refractivity contribution in [1.29, 1.82) is 0 Å². The van der Waals surface area contributed by atoms with Gasteiger partial charge in [-0.25, -0.2) is 0 Å². The van der Waals surface area contributed by atoms with Gasteiger partial charge in [-0.2, -0.15) is 0 Å². The van der Waals surface area contributed by atoms with E-state index in [9.17, 15) is 0 Å². The number of piperidine rings is 1. The fraction of sp³-hybridized carbons (Fsp3) is 1.00. The Hall–Kier alpha value is -0.120. The summed E-state index contributed by atoms with van der Waals surface area (Å²) >= 11 is 0. The van der Waals surface area contributed by atoms with Gasteiger partial charge >= 0.3 is 0 Å². The highest BCUT2D eigenvalue weighted by Crippen LogP contribution is 2.18. The number of nitrogens with one attached hydrogen (secondary N) is 1. The first-order chi connectivity index (χ1) is 7.27. The number of likely N-dealkylation sites (tertiary alicyclic amines) is 1. The van der Waals surface area contributed by atoms with Gasteiger partial charge in [-0.3, -0.25) is 4.90 Å². The Morgan fingerprint density at radius 3 is 3.00 bits per heavy atom. The van der Waals surface area contributed by atoms with Crippen molar-refractivity contribution < 1.29 is 4.74 Å². The number of hydrogen-bond donors (Lipinski definition) is 1. The Bertz CT molecular complexity index is 162. The predicted octanol–water partition coefficient (Wildman–Crippen LogP) is 1.34. The van der Waals surface area contributed by atoms with Gasteiger partial charge in [0.25, 0.3) is 0 Å². The van der Waals surface area contributed by atoms with Gasteiger partial charge in [0.15, 0.2) is 0 Å². The monoisotopic (exact) mass is 214 g/mol. The van der Waals surface area contributed by atoms with Crippen LogP contribution in [-0.4, -0.2) is 50.8 Å². The zero-order valence-electron chi connectivity index (χ0n) is 10.5. The molecule has 0 radical (unpaired) electrons. The summed E-state index contributed by atoms with van der Waals surface area (Å²) in [5, 5.41) is 3.42. The van der Waals surface area contributed by atoms with E-state index in [0.717, 1.165) is 25.6 Å². The summed E-state index contributed by atoms with van der Waals surface area (Å²) in [6, 6.07) is 0.657. The number of likely N-dealkylation sites (N-methyl/N-ethyl adjacent to an activating group) is 1. The second-order valence-electron chi connectivity index (χ2n) is 4.62. The van der Waals surface area contributed by atoms with Crippen molar-refractivity contribution in [2.24, 2.45) is 5.92 Å². The Morgan fingerprint density at radius 1 is 1.53 bits per heavy atom. The van der Waals surface area contributed by atoms with Crippen LogP contribution in [0.4, 0.5) is 0 Å². The molecule has 1 heterocycles. The molecule has 0 aromatic rings. The molecule has 0 saturated carbocycles. The fourth-order valence-corrected chi connectivity index (χ4v) is 2.35. The molecule has 3 heteroatoms. The lowest BCUT2D eigenvalue weighted by molar-refractivity contribution is 0.0722. The van der Waals surface area contributed by atoms with Gasteiger partial charge in [-0.1, -0.05) is 6.92 Å². The van der Waals surface area contributed by atoms with Crippen molar-refractivity contribution >= 4 is 0 Å². The summed E-state index contributed by atoms with van der Waals surface area (Å²) in [5.74, 6) is 0.743. The highest BCUT2D eigenvalue weighted by Gasteiger charge is 2.22.